The normalized spacial score (nSPS) is 18.7. The molecule has 7 nitrogen and oxygen atoms in total. The van der Waals surface area contributed by atoms with Crippen LogP contribution in [0.1, 0.15) is 34.9 Å². The summed E-state index contributed by atoms with van der Waals surface area (Å²) >= 11 is 0. The molecule has 0 bridgehead atoms. The van der Waals surface area contributed by atoms with Gasteiger partial charge in [0.25, 0.3) is 5.91 Å². The summed E-state index contributed by atoms with van der Waals surface area (Å²) in [5.41, 5.74) is 1.26. The van der Waals surface area contributed by atoms with Gasteiger partial charge in [0.15, 0.2) is 0 Å². The standard InChI is InChI=1S/C17H18F2N4O3S/c18-12-3-4-13(19)16(9-12)27(25,26)23-7-5-22(6-8-23)17(24)15-10-14(20-21-15)11-1-2-11/h3-4,9-11H,1-2,5-8H2,(H,20,21). The van der Waals surface area contributed by atoms with Crippen molar-refractivity contribution in [1.82, 2.24) is 19.4 Å². The summed E-state index contributed by atoms with van der Waals surface area (Å²) in [6.07, 6.45) is 2.17. The maximum atomic E-state index is 13.9. The molecule has 1 N–H and O–H groups in total. The van der Waals surface area contributed by atoms with Gasteiger partial charge in [-0.3, -0.25) is 9.89 Å². The van der Waals surface area contributed by atoms with Gasteiger partial charge in [-0.1, -0.05) is 0 Å². The minimum atomic E-state index is -4.17. The fourth-order valence-corrected chi connectivity index (χ4v) is 4.66. The highest BCUT2D eigenvalue weighted by molar-refractivity contribution is 7.89. The summed E-state index contributed by atoms with van der Waals surface area (Å²) in [4.78, 5) is 13.4. The van der Waals surface area contributed by atoms with Crippen molar-refractivity contribution >= 4 is 15.9 Å². The number of aromatic amines is 1. The van der Waals surface area contributed by atoms with E-state index in [2.05, 4.69) is 10.2 Å². The molecular weight excluding hydrogens is 378 g/mol. The van der Waals surface area contributed by atoms with Crippen LogP contribution in [0.5, 0.6) is 0 Å². The number of aromatic nitrogens is 2. The van der Waals surface area contributed by atoms with Crippen molar-refractivity contribution in [3.05, 3.63) is 47.3 Å². The van der Waals surface area contributed by atoms with Crippen LogP contribution < -0.4 is 0 Å². The monoisotopic (exact) mass is 396 g/mol. The Hall–Kier alpha value is -2.33. The van der Waals surface area contributed by atoms with Gasteiger partial charge in [0.2, 0.25) is 10.0 Å². The molecule has 2 aromatic rings. The molecule has 1 aromatic heterocycles. The number of hydrogen-bond donors (Lipinski definition) is 1. The Morgan fingerprint density at radius 2 is 1.81 bits per heavy atom. The Labute approximate surface area is 155 Å². The number of piperazine rings is 1. The van der Waals surface area contributed by atoms with E-state index in [1.54, 1.807) is 6.07 Å². The van der Waals surface area contributed by atoms with E-state index in [1.807, 2.05) is 0 Å². The number of benzene rings is 1. The number of amides is 1. The average Bonchev–Trinajstić information content (AvgIpc) is 3.40. The quantitative estimate of drug-likeness (QED) is 0.853. The number of nitrogens with one attached hydrogen (secondary N) is 1. The lowest BCUT2D eigenvalue weighted by atomic mass is 10.2. The lowest BCUT2D eigenvalue weighted by molar-refractivity contribution is 0.0691. The van der Waals surface area contributed by atoms with E-state index in [4.69, 9.17) is 0 Å². The Kier molecular flexibility index (Phi) is 4.47. The first kappa shape index (κ1) is 18.1. The average molecular weight is 396 g/mol. The first-order valence-corrected chi connectivity index (χ1v) is 10.1. The number of rotatable bonds is 4. The van der Waals surface area contributed by atoms with Gasteiger partial charge in [-0.25, -0.2) is 17.2 Å². The molecule has 144 valence electrons. The summed E-state index contributed by atoms with van der Waals surface area (Å²) < 4.78 is 53.5. The van der Waals surface area contributed by atoms with Gasteiger partial charge in [0, 0.05) is 37.8 Å². The third-order valence-electron chi connectivity index (χ3n) is 4.87. The van der Waals surface area contributed by atoms with Crippen LogP contribution in [0.3, 0.4) is 0 Å². The molecule has 0 spiro atoms. The van der Waals surface area contributed by atoms with Gasteiger partial charge in [-0.05, 0) is 37.1 Å². The van der Waals surface area contributed by atoms with Gasteiger partial charge >= 0.3 is 0 Å². The second-order valence-corrected chi connectivity index (χ2v) is 8.66. The largest absolute Gasteiger partial charge is 0.335 e. The Morgan fingerprint density at radius 3 is 2.48 bits per heavy atom. The van der Waals surface area contributed by atoms with E-state index in [-0.39, 0.29) is 32.1 Å². The van der Waals surface area contributed by atoms with Crippen molar-refractivity contribution < 1.29 is 22.0 Å². The van der Waals surface area contributed by atoms with Gasteiger partial charge in [0.05, 0.1) is 0 Å². The summed E-state index contributed by atoms with van der Waals surface area (Å²) in [5.74, 6) is -1.65. The minimum absolute atomic E-state index is 0.00390. The first-order chi connectivity index (χ1) is 12.9. The highest BCUT2D eigenvalue weighted by Gasteiger charge is 2.33. The predicted molar refractivity (Wildman–Crippen MR) is 91.6 cm³/mol. The van der Waals surface area contributed by atoms with Crippen molar-refractivity contribution in [3.8, 4) is 0 Å². The minimum Gasteiger partial charge on any atom is -0.335 e. The molecule has 1 aromatic carbocycles. The van der Waals surface area contributed by atoms with Crippen LogP contribution in [0.25, 0.3) is 0 Å². The van der Waals surface area contributed by atoms with E-state index in [0.29, 0.717) is 17.7 Å². The highest BCUT2D eigenvalue weighted by atomic mass is 32.2. The Balaban J connectivity index is 1.44. The van der Waals surface area contributed by atoms with Gasteiger partial charge in [-0.2, -0.15) is 9.40 Å². The van der Waals surface area contributed by atoms with Crippen molar-refractivity contribution in [1.29, 1.82) is 0 Å². The maximum absolute atomic E-state index is 13.9. The number of H-pyrrole nitrogens is 1. The van der Waals surface area contributed by atoms with Crippen LogP contribution in [0.2, 0.25) is 0 Å². The van der Waals surface area contributed by atoms with Crippen molar-refractivity contribution in [3.63, 3.8) is 0 Å². The predicted octanol–water partition coefficient (Wildman–Crippen LogP) is 1.71. The molecule has 1 saturated heterocycles. The fraction of sp³-hybridized carbons (Fsp3) is 0.412. The molecular formula is C17H18F2N4O3S. The van der Waals surface area contributed by atoms with Gasteiger partial charge in [-0.15, -0.1) is 0 Å². The SMILES string of the molecule is O=C(c1cc(C2CC2)[nH]n1)N1CCN(S(=O)(=O)c2cc(F)ccc2F)CC1. The van der Waals surface area contributed by atoms with Crippen molar-refractivity contribution in [2.24, 2.45) is 0 Å². The Morgan fingerprint density at radius 1 is 1.11 bits per heavy atom. The lowest BCUT2D eigenvalue weighted by Gasteiger charge is -2.33. The highest BCUT2D eigenvalue weighted by Crippen LogP contribution is 2.39. The van der Waals surface area contributed by atoms with Crippen LogP contribution in [0.15, 0.2) is 29.2 Å². The number of nitrogens with zero attached hydrogens (tertiary/aromatic N) is 3. The molecule has 27 heavy (non-hydrogen) atoms. The van der Waals surface area contributed by atoms with Crippen LogP contribution in [-0.4, -0.2) is 59.9 Å². The second kappa shape index (κ2) is 6.68. The van der Waals surface area contributed by atoms with E-state index >= 15 is 0 Å². The number of halogens is 2. The molecule has 0 radical (unpaired) electrons. The summed E-state index contributed by atoms with van der Waals surface area (Å²) in [5, 5.41) is 6.92. The Bertz CT molecular complexity index is 980. The van der Waals surface area contributed by atoms with E-state index in [1.165, 1.54) is 4.90 Å². The third kappa shape index (κ3) is 3.46. The van der Waals surface area contributed by atoms with E-state index in [9.17, 15) is 22.0 Å². The molecule has 1 aliphatic carbocycles. The molecule has 1 aliphatic heterocycles. The molecule has 2 heterocycles. The van der Waals surface area contributed by atoms with Crippen LogP contribution in [-0.2, 0) is 10.0 Å². The van der Waals surface area contributed by atoms with Crippen LogP contribution in [0.4, 0.5) is 8.78 Å². The lowest BCUT2D eigenvalue weighted by Crippen LogP contribution is -2.50. The third-order valence-corrected chi connectivity index (χ3v) is 6.78. The topological polar surface area (TPSA) is 86.4 Å². The first-order valence-electron chi connectivity index (χ1n) is 8.66. The zero-order valence-electron chi connectivity index (χ0n) is 14.4. The molecule has 1 amide bonds. The summed E-state index contributed by atoms with van der Waals surface area (Å²) in [7, 11) is -4.17. The molecule has 2 fully saturated rings. The smallest absolute Gasteiger partial charge is 0.274 e. The number of sulfonamides is 1. The molecule has 10 heteroatoms. The van der Waals surface area contributed by atoms with Gasteiger partial charge < -0.3 is 4.90 Å². The molecule has 0 atom stereocenters. The number of carbonyl (C=O) groups is 1. The van der Waals surface area contributed by atoms with Crippen molar-refractivity contribution in [2.45, 2.75) is 23.7 Å². The summed E-state index contributed by atoms with van der Waals surface area (Å²) in [6.45, 7) is 0.315. The summed E-state index contributed by atoms with van der Waals surface area (Å²) in [6, 6.07) is 4.07. The van der Waals surface area contributed by atoms with Gasteiger partial charge in [0.1, 0.15) is 22.2 Å². The number of carbonyl (C=O) groups excluding carboxylic acids is 1. The molecule has 4 rings (SSSR count). The van der Waals surface area contributed by atoms with Crippen LogP contribution in [0, 0.1) is 11.6 Å². The number of hydrogen-bond acceptors (Lipinski definition) is 4. The zero-order valence-corrected chi connectivity index (χ0v) is 15.2. The fourth-order valence-electron chi connectivity index (χ4n) is 3.16. The van der Waals surface area contributed by atoms with E-state index in [0.717, 1.165) is 35.0 Å². The maximum Gasteiger partial charge on any atom is 0.274 e. The molecule has 0 unspecified atom stereocenters. The van der Waals surface area contributed by atoms with Crippen LogP contribution >= 0.6 is 0 Å². The van der Waals surface area contributed by atoms with Crippen molar-refractivity contribution in [2.75, 3.05) is 26.2 Å². The zero-order chi connectivity index (χ0) is 19.2. The van der Waals surface area contributed by atoms with E-state index < -0.39 is 26.6 Å². The molecule has 2 aliphatic rings. The molecule has 1 saturated carbocycles. The second-order valence-electron chi connectivity index (χ2n) is 6.75.